The van der Waals surface area contributed by atoms with Gasteiger partial charge in [0.2, 0.25) is 0 Å². The van der Waals surface area contributed by atoms with Crippen molar-refractivity contribution in [1.29, 1.82) is 0 Å². The number of carbonyl (C=O) groups is 3. The van der Waals surface area contributed by atoms with Gasteiger partial charge in [0.25, 0.3) is 5.91 Å². The minimum absolute atomic E-state index is 0.0381. The van der Waals surface area contributed by atoms with E-state index < -0.39 is 0 Å². The molecular weight excluding hydrogens is 294 g/mol. The van der Waals surface area contributed by atoms with E-state index in [9.17, 15) is 14.4 Å². The molecule has 2 atom stereocenters. The van der Waals surface area contributed by atoms with Gasteiger partial charge in [-0.2, -0.15) is 0 Å². The van der Waals surface area contributed by atoms with E-state index in [0.29, 0.717) is 18.6 Å². The Morgan fingerprint density at radius 3 is 2.26 bits per heavy atom. The van der Waals surface area contributed by atoms with Gasteiger partial charge in [-0.25, -0.2) is 0 Å². The van der Waals surface area contributed by atoms with E-state index in [0.717, 1.165) is 44.9 Å². The SMILES string of the molecule is O=C(COC(=O)C1C[C@H]2CCC[C@H](C1)C2=O)NC1CCCCC1. The molecule has 3 rings (SSSR count). The summed E-state index contributed by atoms with van der Waals surface area (Å²) in [5.41, 5.74) is 0. The van der Waals surface area contributed by atoms with Crippen molar-refractivity contribution in [2.45, 2.75) is 70.3 Å². The maximum absolute atomic E-state index is 12.2. The third-order valence-electron chi connectivity index (χ3n) is 5.70. The van der Waals surface area contributed by atoms with Gasteiger partial charge in [-0.15, -0.1) is 0 Å². The molecule has 0 aliphatic heterocycles. The highest BCUT2D eigenvalue weighted by atomic mass is 16.5. The van der Waals surface area contributed by atoms with Crippen molar-refractivity contribution < 1.29 is 19.1 Å². The second kappa shape index (κ2) is 7.45. The minimum atomic E-state index is -0.298. The molecule has 2 bridgehead atoms. The van der Waals surface area contributed by atoms with Crippen molar-refractivity contribution in [3.8, 4) is 0 Å². The summed E-state index contributed by atoms with van der Waals surface area (Å²) in [6, 6.07) is 0.238. The lowest BCUT2D eigenvalue weighted by Gasteiger charge is -2.36. The van der Waals surface area contributed by atoms with Crippen LogP contribution in [0.3, 0.4) is 0 Å². The van der Waals surface area contributed by atoms with Crippen LogP contribution in [0.5, 0.6) is 0 Å². The van der Waals surface area contributed by atoms with Crippen molar-refractivity contribution in [2.24, 2.45) is 17.8 Å². The monoisotopic (exact) mass is 321 g/mol. The Morgan fingerprint density at radius 2 is 1.61 bits per heavy atom. The second-order valence-corrected chi connectivity index (χ2v) is 7.41. The molecule has 3 saturated carbocycles. The molecule has 1 amide bonds. The van der Waals surface area contributed by atoms with Crippen molar-refractivity contribution in [3.63, 3.8) is 0 Å². The Labute approximate surface area is 137 Å². The Kier molecular flexibility index (Phi) is 5.34. The number of ether oxygens (including phenoxy) is 1. The molecule has 1 N–H and O–H groups in total. The molecule has 128 valence electrons. The van der Waals surface area contributed by atoms with E-state index in [4.69, 9.17) is 4.74 Å². The number of esters is 1. The first kappa shape index (κ1) is 16.5. The first-order chi connectivity index (χ1) is 11.1. The van der Waals surface area contributed by atoms with Crippen LogP contribution in [0.1, 0.15) is 64.2 Å². The molecule has 0 aromatic carbocycles. The summed E-state index contributed by atoms with van der Waals surface area (Å²) in [7, 11) is 0. The first-order valence-corrected chi connectivity index (χ1v) is 9.13. The summed E-state index contributed by atoms with van der Waals surface area (Å²) >= 11 is 0. The number of nitrogens with one attached hydrogen (secondary N) is 1. The summed E-state index contributed by atoms with van der Waals surface area (Å²) in [5, 5.41) is 2.95. The molecule has 3 fully saturated rings. The van der Waals surface area contributed by atoms with Gasteiger partial charge in [0, 0.05) is 17.9 Å². The van der Waals surface area contributed by atoms with E-state index >= 15 is 0 Å². The van der Waals surface area contributed by atoms with Gasteiger partial charge in [0.15, 0.2) is 6.61 Å². The zero-order chi connectivity index (χ0) is 16.2. The number of hydrogen-bond donors (Lipinski definition) is 1. The number of hydrogen-bond acceptors (Lipinski definition) is 4. The molecule has 0 spiro atoms. The van der Waals surface area contributed by atoms with Gasteiger partial charge < -0.3 is 10.1 Å². The lowest BCUT2D eigenvalue weighted by Crippen LogP contribution is -2.41. The maximum Gasteiger partial charge on any atom is 0.309 e. The fraction of sp³-hybridized carbons (Fsp3) is 0.833. The zero-order valence-electron chi connectivity index (χ0n) is 13.7. The average Bonchev–Trinajstić information content (AvgIpc) is 2.53. The van der Waals surface area contributed by atoms with Crippen molar-refractivity contribution in [1.82, 2.24) is 5.32 Å². The van der Waals surface area contributed by atoms with Gasteiger partial charge in [-0.3, -0.25) is 14.4 Å². The van der Waals surface area contributed by atoms with Crippen LogP contribution in [0.4, 0.5) is 0 Å². The smallest absolute Gasteiger partial charge is 0.309 e. The molecule has 0 aromatic rings. The van der Waals surface area contributed by atoms with E-state index in [1.165, 1.54) is 6.42 Å². The van der Waals surface area contributed by atoms with Crippen LogP contribution in [0.15, 0.2) is 0 Å². The van der Waals surface area contributed by atoms with Crippen LogP contribution in [0.25, 0.3) is 0 Å². The highest BCUT2D eigenvalue weighted by molar-refractivity contribution is 5.88. The third-order valence-corrected chi connectivity index (χ3v) is 5.70. The molecule has 23 heavy (non-hydrogen) atoms. The predicted molar refractivity (Wildman–Crippen MR) is 84.5 cm³/mol. The van der Waals surface area contributed by atoms with Crippen LogP contribution < -0.4 is 5.32 Å². The number of amides is 1. The molecule has 0 aromatic heterocycles. The Bertz CT molecular complexity index is 454. The topological polar surface area (TPSA) is 72.5 Å². The number of Topliss-reactive ketones (excluding diaryl/α,β-unsaturated/α-hetero) is 1. The van der Waals surface area contributed by atoms with Crippen LogP contribution >= 0.6 is 0 Å². The normalized spacial score (nSPS) is 31.5. The summed E-state index contributed by atoms with van der Waals surface area (Å²) in [4.78, 5) is 36.2. The van der Waals surface area contributed by atoms with Crippen LogP contribution in [0.2, 0.25) is 0 Å². The van der Waals surface area contributed by atoms with Crippen LogP contribution in [-0.4, -0.2) is 30.3 Å². The Balaban J connectivity index is 1.42. The molecule has 5 heteroatoms. The van der Waals surface area contributed by atoms with E-state index in [1.54, 1.807) is 0 Å². The second-order valence-electron chi connectivity index (χ2n) is 7.41. The van der Waals surface area contributed by atoms with Gasteiger partial charge in [0.05, 0.1) is 5.92 Å². The van der Waals surface area contributed by atoms with Crippen molar-refractivity contribution >= 4 is 17.7 Å². The number of ketones is 1. The van der Waals surface area contributed by atoms with Crippen LogP contribution in [-0.2, 0) is 19.1 Å². The molecule has 0 saturated heterocycles. The standard InChI is InChI=1S/C18H27NO4/c20-16(19-15-7-2-1-3-8-15)11-23-18(22)14-9-12-5-4-6-13(10-14)17(12)21/h12-15H,1-11H2,(H,19,20)/t12-,13-/m1/s1. The summed E-state index contributed by atoms with van der Waals surface area (Å²) < 4.78 is 5.22. The third kappa shape index (κ3) is 4.12. The first-order valence-electron chi connectivity index (χ1n) is 9.13. The molecule has 5 nitrogen and oxygen atoms in total. The van der Waals surface area contributed by atoms with Gasteiger partial charge in [-0.05, 0) is 38.5 Å². The van der Waals surface area contributed by atoms with Crippen molar-refractivity contribution in [2.75, 3.05) is 6.61 Å². The Hall–Kier alpha value is -1.39. The largest absolute Gasteiger partial charge is 0.455 e. The number of carbonyl (C=O) groups excluding carboxylic acids is 3. The van der Waals surface area contributed by atoms with Gasteiger partial charge in [-0.1, -0.05) is 25.7 Å². The fourth-order valence-electron chi connectivity index (χ4n) is 4.44. The van der Waals surface area contributed by atoms with Crippen LogP contribution in [0, 0.1) is 17.8 Å². The summed E-state index contributed by atoms with van der Waals surface area (Å²) in [5.74, 6) is -0.279. The number of fused-ring (bicyclic) bond motifs is 2. The number of rotatable bonds is 4. The fourth-order valence-corrected chi connectivity index (χ4v) is 4.44. The van der Waals surface area contributed by atoms with Gasteiger partial charge in [0.1, 0.15) is 5.78 Å². The quantitative estimate of drug-likeness (QED) is 0.807. The molecular formula is C18H27NO4. The van der Waals surface area contributed by atoms with E-state index in [-0.39, 0.29) is 42.3 Å². The molecule has 3 aliphatic rings. The van der Waals surface area contributed by atoms with Gasteiger partial charge >= 0.3 is 5.97 Å². The highest BCUT2D eigenvalue weighted by Crippen LogP contribution is 2.40. The maximum atomic E-state index is 12.2. The zero-order valence-corrected chi connectivity index (χ0v) is 13.7. The summed E-state index contributed by atoms with van der Waals surface area (Å²) in [6.45, 7) is -0.185. The summed E-state index contributed by atoms with van der Waals surface area (Å²) in [6.07, 6.45) is 9.71. The molecule has 3 aliphatic carbocycles. The van der Waals surface area contributed by atoms with E-state index in [2.05, 4.69) is 5.32 Å². The predicted octanol–water partition coefficient (Wildman–Crippen LogP) is 2.37. The lowest BCUT2D eigenvalue weighted by molar-refractivity contribution is -0.156. The minimum Gasteiger partial charge on any atom is -0.455 e. The highest BCUT2D eigenvalue weighted by Gasteiger charge is 2.41. The lowest BCUT2D eigenvalue weighted by atomic mass is 9.67. The Morgan fingerprint density at radius 1 is 0.957 bits per heavy atom. The molecule has 0 unspecified atom stereocenters. The molecule has 0 heterocycles. The average molecular weight is 321 g/mol. The van der Waals surface area contributed by atoms with Crippen molar-refractivity contribution in [3.05, 3.63) is 0 Å². The van der Waals surface area contributed by atoms with E-state index in [1.807, 2.05) is 0 Å². The molecule has 0 radical (unpaired) electrons.